The third-order valence-corrected chi connectivity index (χ3v) is 2.81. The van der Waals surface area contributed by atoms with Gasteiger partial charge in [-0.15, -0.1) is 0 Å². The van der Waals surface area contributed by atoms with Gasteiger partial charge in [0, 0.05) is 11.3 Å². The zero-order chi connectivity index (χ0) is 11.8. The molecule has 2 aromatic rings. The second-order valence-electron chi connectivity index (χ2n) is 4.07. The smallest absolute Gasteiger partial charge is 0.228 e. The summed E-state index contributed by atoms with van der Waals surface area (Å²) in [5.41, 5.74) is 10.0. The van der Waals surface area contributed by atoms with E-state index in [9.17, 15) is 4.79 Å². The highest BCUT2D eigenvalue weighted by Crippen LogP contribution is 2.28. The molecule has 0 spiro atoms. The van der Waals surface area contributed by atoms with Crippen LogP contribution in [-0.4, -0.2) is 10.9 Å². The summed E-state index contributed by atoms with van der Waals surface area (Å²) < 4.78 is 0. The molecule has 1 amide bonds. The van der Waals surface area contributed by atoms with Gasteiger partial charge in [0.1, 0.15) is 0 Å². The van der Waals surface area contributed by atoms with Crippen LogP contribution in [0.15, 0.2) is 36.5 Å². The third kappa shape index (κ3) is 1.73. The van der Waals surface area contributed by atoms with Gasteiger partial charge in [0.05, 0.1) is 24.0 Å². The zero-order valence-electron chi connectivity index (χ0n) is 9.10. The summed E-state index contributed by atoms with van der Waals surface area (Å²) >= 11 is 0. The number of hydrogen-bond donors (Lipinski definition) is 2. The SMILES string of the molecule is Nc1ccc(-c2ccc3c(c2)CC(=O)N3)nc1. The van der Waals surface area contributed by atoms with E-state index < -0.39 is 0 Å². The van der Waals surface area contributed by atoms with E-state index in [-0.39, 0.29) is 5.91 Å². The number of carbonyl (C=O) groups is 1. The molecule has 1 aromatic carbocycles. The van der Waals surface area contributed by atoms with Crippen molar-refractivity contribution in [2.75, 3.05) is 11.1 Å². The molecule has 0 saturated carbocycles. The Morgan fingerprint density at radius 1 is 1.24 bits per heavy atom. The van der Waals surface area contributed by atoms with Crippen molar-refractivity contribution in [1.82, 2.24) is 4.98 Å². The van der Waals surface area contributed by atoms with E-state index in [1.54, 1.807) is 6.20 Å². The van der Waals surface area contributed by atoms with Crippen LogP contribution in [0, 0.1) is 0 Å². The fraction of sp³-hybridized carbons (Fsp3) is 0.0769. The molecule has 1 aliphatic rings. The predicted molar refractivity (Wildman–Crippen MR) is 66.4 cm³/mol. The van der Waals surface area contributed by atoms with Crippen molar-refractivity contribution in [2.24, 2.45) is 0 Å². The quantitative estimate of drug-likeness (QED) is 0.777. The maximum atomic E-state index is 11.2. The number of pyridine rings is 1. The largest absolute Gasteiger partial charge is 0.397 e. The highest BCUT2D eigenvalue weighted by Gasteiger charge is 2.17. The fourth-order valence-electron chi connectivity index (χ4n) is 1.96. The molecule has 1 aliphatic heterocycles. The molecule has 0 bridgehead atoms. The van der Waals surface area contributed by atoms with Gasteiger partial charge >= 0.3 is 0 Å². The average molecular weight is 225 g/mol. The monoisotopic (exact) mass is 225 g/mol. The second kappa shape index (κ2) is 3.59. The van der Waals surface area contributed by atoms with Gasteiger partial charge in [-0.05, 0) is 29.8 Å². The first kappa shape index (κ1) is 9.84. The van der Waals surface area contributed by atoms with Gasteiger partial charge in [0.2, 0.25) is 5.91 Å². The van der Waals surface area contributed by atoms with E-state index in [1.165, 1.54) is 0 Å². The molecular weight excluding hydrogens is 214 g/mol. The van der Waals surface area contributed by atoms with Gasteiger partial charge in [-0.25, -0.2) is 0 Å². The summed E-state index contributed by atoms with van der Waals surface area (Å²) in [5.74, 6) is 0.0439. The zero-order valence-corrected chi connectivity index (χ0v) is 9.10. The minimum atomic E-state index is 0.0439. The molecule has 0 saturated heterocycles. The number of nitrogens with one attached hydrogen (secondary N) is 1. The van der Waals surface area contributed by atoms with E-state index in [1.807, 2.05) is 30.3 Å². The summed E-state index contributed by atoms with van der Waals surface area (Å²) in [6.07, 6.45) is 2.07. The number of rotatable bonds is 1. The molecule has 4 heteroatoms. The average Bonchev–Trinajstić information content (AvgIpc) is 2.69. The minimum Gasteiger partial charge on any atom is -0.397 e. The molecule has 0 unspecified atom stereocenters. The van der Waals surface area contributed by atoms with Gasteiger partial charge in [-0.2, -0.15) is 0 Å². The molecular formula is C13H11N3O. The number of fused-ring (bicyclic) bond motifs is 1. The van der Waals surface area contributed by atoms with Crippen molar-refractivity contribution in [3.8, 4) is 11.3 Å². The maximum Gasteiger partial charge on any atom is 0.228 e. The number of nitrogen functional groups attached to an aromatic ring is 1. The summed E-state index contributed by atoms with van der Waals surface area (Å²) in [4.78, 5) is 15.5. The number of carbonyl (C=O) groups excluding carboxylic acids is 1. The molecule has 1 aromatic heterocycles. The topological polar surface area (TPSA) is 68.0 Å². The molecule has 17 heavy (non-hydrogen) atoms. The van der Waals surface area contributed by atoms with Gasteiger partial charge in [0.25, 0.3) is 0 Å². The molecule has 4 nitrogen and oxygen atoms in total. The van der Waals surface area contributed by atoms with E-state index >= 15 is 0 Å². The lowest BCUT2D eigenvalue weighted by Gasteiger charge is -2.04. The van der Waals surface area contributed by atoms with E-state index in [0.29, 0.717) is 12.1 Å². The van der Waals surface area contributed by atoms with Crippen LogP contribution in [0.4, 0.5) is 11.4 Å². The van der Waals surface area contributed by atoms with Gasteiger partial charge < -0.3 is 11.1 Å². The number of hydrogen-bond acceptors (Lipinski definition) is 3. The Labute approximate surface area is 98.5 Å². The predicted octanol–water partition coefficient (Wildman–Crippen LogP) is 1.83. The number of nitrogens with zero attached hydrogens (tertiary/aromatic N) is 1. The Morgan fingerprint density at radius 2 is 2.12 bits per heavy atom. The van der Waals surface area contributed by atoms with Crippen molar-refractivity contribution in [2.45, 2.75) is 6.42 Å². The van der Waals surface area contributed by atoms with E-state index in [0.717, 1.165) is 22.5 Å². The Kier molecular flexibility index (Phi) is 2.08. The molecule has 84 valence electrons. The van der Waals surface area contributed by atoms with Crippen molar-refractivity contribution in [3.05, 3.63) is 42.1 Å². The highest BCUT2D eigenvalue weighted by molar-refractivity contribution is 5.99. The lowest BCUT2D eigenvalue weighted by molar-refractivity contribution is -0.115. The summed E-state index contributed by atoms with van der Waals surface area (Å²) in [7, 11) is 0. The molecule has 0 radical (unpaired) electrons. The lowest BCUT2D eigenvalue weighted by atomic mass is 10.1. The minimum absolute atomic E-state index is 0.0439. The molecule has 3 N–H and O–H groups in total. The Bertz CT molecular complexity index is 590. The Hall–Kier alpha value is -2.36. The van der Waals surface area contributed by atoms with Crippen LogP contribution >= 0.6 is 0 Å². The van der Waals surface area contributed by atoms with Crippen LogP contribution in [0.2, 0.25) is 0 Å². The van der Waals surface area contributed by atoms with Gasteiger partial charge in [-0.1, -0.05) is 6.07 Å². The third-order valence-electron chi connectivity index (χ3n) is 2.81. The molecule has 0 atom stereocenters. The summed E-state index contributed by atoms with van der Waals surface area (Å²) in [5, 5.41) is 2.81. The van der Waals surface area contributed by atoms with Crippen molar-refractivity contribution in [3.63, 3.8) is 0 Å². The number of aromatic nitrogens is 1. The normalized spacial score (nSPS) is 13.3. The van der Waals surface area contributed by atoms with Crippen LogP contribution in [0.3, 0.4) is 0 Å². The van der Waals surface area contributed by atoms with Crippen LogP contribution < -0.4 is 11.1 Å². The van der Waals surface area contributed by atoms with Crippen LogP contribution in [0.5, 0.6) is 0 Å². The number of anilines is 2. The van der Waals surface area contributed by atoms with Gasteiger partial charge in [-0.3, -0.25) is 9.78 Å². The number of nitrogens with two attached hydrogens (primary N) is 1. The number of amides is 1. The summed E-state index contributed by atoms with van der Waals surface area (Å²) in [6, 6.07) is 9.54. The first-order valence-corrected chi connectivity index (χ1v) is 5.37. The molecule has 3 rings (SSSR count). The first-order valence-electron chi connectivity index (χ1n) is 5.37. The Balaban J connectivity index is 2.03. The van der Waals surface area contributed by atoms with E-state index in [4.69, 9.17) is 5.73 Å². The molecule has 0 fully saturated rings. The highest BCUT2D eigenvalue weighted by atomic mass is 16.1. The van der Waals surface area contributed by atoms with E-state index in [2.05, 4.69) is 10.3 Å². The fourth-order valence-corrected chi connectivity index (χ4v) is 1.96. The van der Waals surface area contributed by atoms with Crippen LogP contribution in [-0.2, 0) is 11.2 Å². The van der Waals surface area contributed by atoms with Crippen molar-refractivity contribution >= 4 is 17.3 Å². The van der Waals surface area contributed by atoms with Gasteiger partial charge in [0.15, 0.2) is 0 Å². The van der Waals surface area contributed by atoms with Crippen molar-refractivity contribution in [1.29, 1.82) is 0 Å². The Morgan fingerprint density at radius 3 is 2.88 bits per heavy atom. The lowest BCUT2D eigenvalue weighted by Crippen LogP contribution is -2.03. The maximum absolute atomic E-state index is 11.2. The summed E-state index contributed by atoms with van der Waals surface area (Å²) in [6.45, 7) is 0. The second-order valence-corrected chi connectivity index (χ2v) is 4.07. The molecule has 0 aliphatic carbocycles. The molecule has 2 heterocycles. The standard InChI is InChI=1S/C13H11N3O/c14-10-2-4-11(15-7-10)8-1-3-12-9(5-8)6-13(17)16-12/h1-5,7H,6,14H2,(H,16,17). The van der Waals surface area contributed by atoms with Crippen molar-refractivity contribution < 1.29 is 4.79 Å². The first-order chi connectivity index (χ1) is 8.22. The number of benzene rings is 1. The van der Waals surface area contributed by atoms with Crippen LogP contribution in [0.1, 0.15) is 5.56 Å². The van der Waals surface area contributed by atoms with Crippen LogP contribution in [0.25, 0.3) is 11.3 Å².